The number of carboxylic acid groups (broad SMARTS) is 1. The molecule has 1 heterocycles. The Morgan fingerprint density at radius 3 is 2.63 bits per heavy atom. The van der Waals surface area contributed by atoms with Crippen molar-refractivity contribution in [3.05, 3.63) is 16.8 Å². The normalized spacial score (nSPS) is 12.7. The molecule has 3 N–H and O–H groups in total. The maximum absolute atomic E-state index is 11.5. The van der Waals surface area contributed by atoms with Crippen LogP contribution in [0.3, 0.4) is 0 Å². The summed E-state index contributed by atoms with van der Waals surface area (Å²) in [6.45, 7) is 0. The molecule has 1 atom stereocenters. The van der Waals surface area contributed by atoms with Gasteiger partial charge in [0.1, 0.15) is 15.9 Å². The van der Waals surface area contributed by atoms with Gasteiger partial charge in [-0.2, -0.15) is 11.3 Å². The van der Waals surface area contributed by atoms with E-state index < -0.39 is 27.9 Å². The molecule has 106 valence electrons. The van der Waals surface area contributed by atoms with E-state index in [-0.39, 0.29) is 12.2 Å². The Labute approximate surface area is 114 Å². The van der Waals surface area contributed by atoms with Gasteiger partial charge in [0.15, 0.2) is 0 Å². The second-order valence-corrected chi connectivity index (χ2v) is 6.96. The summed E-state index contributed by atoms with van der Waals surface area (Å²) in [6.07, 6.45) is 0.836. The van der Waals surface area contributed by atoms with Gasteiger partial charge >= 0.3 is 12.0 Å². The SMILES string of the molecule is CS(=O)(=O)CCC(NC(=O)Nc1ccsc1)C(=O)O. The number of nitrogens with one attached hydrogen (secondary N) is 2. The first kappa shape index (κ1) is 15.4. The van der Waals surface area contributed by atoms with Crippen LogP contribution in [-0.4, -0.2) is 43.6 Å². The average Bonchev–Trinajstić information content (AvgIpc) is 2.75. The van der Waals surface area contributed by atoms with Crippen LogP contribution in [0.25, 0.3) is 0 Å². The largest absolute Gasteiger partial charge is 0.480 e. The molecule has 0 saturated heterocycles. The molecule has 1 aromatic rings. The lowest BCUT2D eigenvalue weighted by molar-refractivity contribution is -0.139. The van der Waals surface area contributed by atoms with Gasteiger partial charge in [-0.05, 0) is 17.9 Å². The van der Waals surface area contributed by atoms with Gasteiger partial charge < -0.3 is 15.7 Å². The molecular weight excluding hydrogens is 292 g/mol. The molecule has 0 spiro atoms. The third-order valence-corrected chi connectivity index (χ3v) is 3.82. The number of rotatable bonds is 6. The highest BCUT2D eigenvalue weighted by Gasteiger charge is 2.21. The standard InChI is InChI=1S/C10H14N2O5S2/c1-19(16,17)5-3-8(9(13)14)12-10(15)11-7-2-4-18-6-7/h2,4,6,8H,3,5H2,1H3,(H,13,14)(H2,11,12,15). The van der Waals surface area contributed by atoms with Gasteiger partial charge in [-0.1, -0.05) is 0 Å². The van der Waals surface area contributed by atoms with Crippen molar-refractivity contribution in [3.8, 4) is 0 Å². The Balaban J connectivity index is 2.53. The molecule has 9 heteroatoms. The number of carbonyl (C=O) groups is 2. The van der Waals surface area contributed by atoms with Gasteiger partial charge in [0.2, 0.25) is 0 Å². The molecule has 1 rings (SSSR count). The molecule has 19 heavy (non-hydrogen) atoms. The van der Waals surface area contributed by atoms with Crippen LogP contribution in [0.1, 0.15) is 6.42 Å². The van der Waals surface area contributed by atoms with Crippen molar-refractivity contribution in [3.63, 3.8) is 0 Å². The first-order chi connectivity index (χ1) is 8.78. The van der Waals surface area contributed by atoms with Crippen molar-refractivity contribution in [1.29, 1.82) is 0 Å². The number of hydrogen-bond donors (Lipinski definition) is 3. The number of anilines is 1. The fraction of sp³-hybridized carbons (Fsp3) is 0.400. The number of carbonyl (C=O) groups excluding carboxylic acids is 1. The first-order valence-electron chi connectivity index (χ1n) is 5.28. The molecule has 7 nitrogen and oxygen atoms in total. The zero-order valence-corrected chi connectivity index (χ0v) is 11.8. The number of amides is 2. The highest BCUT2D eigenvalue weighted by Crippen LogP contribution is 2.11. The van der Waals surface area contributed by atoms with E-state index in [1.807, 2.05) is 0 Å². The molecule has 0 bridgehead atoms. The Hall–Kier alpha value is -1.61. The van der Waals surface area contributed by atoms with E-state index in [9.17, 15) is 18.0 Å². The number of thiophene rings is 1. The zero-order valence-electron chi connectivity index (χ0n) is 10.1. The number of sulfone groups is 1. The number of carboxylic acids is 1. The van der Waals surface area contributed by atoms with E-state index in [2.05, 4.69) is 10.6 Å². The predicted octanol–water partition coefficient (Wildman–Crippen LogP) is 0.757. The summed E-state index contributed by atoms with van der Waals surface area (Å²) in [4.78, 5) is 22.4. The topological polar surface area (TPSA) is 113 Å². The summed E-state index contributed by atoms with van der Waals surface area (Å²) in [7, 11) is -3.27. The van der Waals surface area contributed by atoms with Crippen LogP contribution in [0.2, 0.25) is 0 Å². The van der Waals surface area contributed by atoms with E-state index in [0.29, 0.717) is 5.69 Å². The van der Waals surface area contributed by atoms with Crippen LogP contribution >= 0.6 is 11.3 Å². The molecule has 0 aliphatic rings. The monoisotopic (exact) mass is 306 g/mol. The molecule has 0 saturated carbocycles. The third kappa shape index (κ3) is 6.20. The third-order valence-electron chi connectivity index (χ3n) is 2.16. The molecule has 0 radical (unpaired) electrons. The summed E-state index contributed by atoms with van der Waals surface area (Å²) in [5, 5.41) is 17.0. The van der Waals surface area contributed by atoms with Gasteiger partial charge in [0.05, 0.1) is 11.4 Å². The van der Waals surface area contributed by atoms with Crippen LogP contribution < -0.4 is 10.6 Å². The molecular formula is C10H14N2O5S2. The van der Waals surface area contributed by atoms with E-state index in [4.69, 9.17) is 5.11 Å². The quantitative estimate of drug-likeness (QED) is 0.718. The van der Waals surface area contributed by atoms with Gasteiger partial charge in [-0.15, -0.1) is 0 Å². The van der Waals surface area contributed by atoms with E-state index in [0.717, 1.165) is 6.26 Å². The maximum Gasteiger partial charge on any atom is 0.326 e. The molecule has 0 aliphatic heterocycles. The molecule has 2 amide bonds. The van der Waals surface area contributed by atoms with Crippen molar-refractivity contribution < 1.29 is 23.1 Å². The smallest absolute Gasteiger partial charge is 0.326 e. The summed E-state index contributed by atoms with van der Waals surface area (Å²) in [6, 6.07) is -0.260. The predicted molar refractivity (Wildman–Crippen MR) is 72.2 cm³/mol. The van der Waals surface area contributed by atoms with Gasteiger partial charge in [0.25, 0.3) is 0 Å². The summed E-state index contributed by atoms with van der Waals surface area (Å²) in [5.41, 5.74) is 0.551. The number of aliphatic carboxylic acids is 1. The first-order valence-corrected chi connectivity index (χ1v) is 8.28. The van der Waals surface area contributed by atoms with Crippen LogP contribution in [0, 0.1) is 0 Å². The minimum Gasteiger partial charge on any atom is -0.480 e. The Kier molecular flexibility index (Phi) is 5.31. The van der Waals surface area contributed by atoms with Crippen LogP contribution in [0.4, 0.5) is 10.5 Å². The van der Waals surface area contributed by atoms with Crippen molar-refractivity contribution in [1.82, 2.24) is 5.32 Å². The molecule has 1 unspecified atom stereocenters. The summed E-state index contributed by atoms with van der Waals surface area (Å²) < 4.78 is 22.0. The summed E-state index contributed by atoms with van der Waals surface area (Å²) in [5.74, 6) is -1.58. The minimum atomic E-state index is -3.27. The average molecular weight is 306 g/mol. The van der Waals surface area contributed by atoms with Crippen LogP contribution in [-0.2, 0) is 14.6 Å². The van der Waals surface area contributed by atoms with Gasteiger partial charge in [-0.25, -0.2) is 18.0 Å². The fourth-order valence-electron chi connectivity index (χ4n) is 1.25. The van der Waals surface area contributed by atoms with Gasteiger partial charge in [0, 0.05) is 11.6 Å². The lowest BCUT2D eigenvalue weighted by Crippen LogP contribution is -2.43. The van der Waals surface area contributed by atoms with Crippen molar-refractivity contribution in [2.45, 2.75) is 12.5 Å². The number of urea groups is 1. The highest BCUT2D eigenvalue weighted by atomic mass is 32.2. The second-order valence-electron chi connectivity index (χ2n) is 3.92. The molecule has 0 fully saturated rings. The van der Waals surface area contributed by atoms with E-state index in [1.54, 1.807) is 16.8 Å². The maximum atomic E-state index is 11.5. The van der Waals surface area contributed by atoms with Crippen molar-refractivity contribution in [2.75, 3.05) is 17.3 Å². The highest BCUT2D eigenvalue weighted by molar-refractivity contribution is 7.90. The van der Waals surface area contributed by atoms with Crippen LogP contribution in [0.5, 0.6) is 0 Å². The van der Waals surface area contributed by atoms with Gasteiger partial charge in [-0.3, -0.25) is 0 Å². The molecule has 0 aromatic carbocycles. The zero-order chi connectivity index (χ0) is 14.5. The van der Waals surface area contributed by atoms with Crippen molar-refractivity contribution in [2.24, 2.45) is 0 Å². The molecule has 0 aliphatic carbocycles. The Bertz CT molecular complexity index is 538. The lowest BCUT2D eigenvalue weighted by atomic mass is 10.2. The molecule has 1 aromatic heterocycles. The second kappa shape index (κ2) is 6.53. The Morgan fingerprint density at radius 1 is 1.47 bits per heavy atom. The summed E-state index contributed by atoms with van der Waals surface area (Å²) >= 11 is 1.38. The minimum absolute atomic E-state index is 0.175. The van der Waals surface area contributed by atoms with E-state index in [1.165, 1.54) is 11.3 Å². The number of hydrogen-bond acceptors (Lipinski definition) is 5. The van der Waals surface area contributed by atoms with E-state index >= 15 is 0 Å². The fourth-order valence-corrected chi connectivity index (χ4v) is 2.50. The Morgan fingerprint density at radius 2 is 2.16 bits per heavy atom. The van der Waals surface area contributed by atoms with Crippen molar-refractivity contribution >= 4 is 38.9 Å². The lowest BCUT2D eigenvalue weighted by Gasteiger charge is -2.14. The van der Waals surface area contributed by atoms with Crippen LogP contribution in [0.15, 0.2) is 16.8 Å².